The van der Waals surface area contributed by atoms with E-state index in [0.29, 0.717) is 33.4 Å². The zero-order valence-electron chi connectivity index (χ0n) is 15.8. The summed E-state index contributed by atoms with van der Waals surface area (Å²) in [5.41, 5.74) is 2.71. The van der Waals surface area contributed by atoms with E-state index in [2.05, 4.69) is 0 Å². The molecule has 0 aliphatic carbocycles. The molecule has 4 aromatic rings. The minimum atomic E-state index is -0.0521. The van der Waals surface area contributed by atoms with Crippen LogP contribution in [-0.2, 0) is 12.3 Å². The highest BCUT2D eigenvalue weighted by Crippen LogP contribution is 2.25. The van der Waals surface area contributed by atoms with Gasteiger partial charge >= 0.3 is 0 Å². The molecule has 0 unspecified atom stereocenters. The van der Waals surface area contributed by atoms with Crippen molar-refractivity contribution in [3.8, 4) is 5.75 Å². The molecule has 0 aliphatic rings. The van der Waals surface area contributed by atoms with E-state index in [-0.39, 0.29) is 5.56 Å². The van der Waals surface area contributed by atoms with Crippen LogP contribution >= 0.6 is 23.4 Å². The van der Waals surface area contributed by atoms with E-state index in [9.17, 15) is 4.79 Å². The Balaban J connectivity index is 1.73. The highest BCUT2D eigenvalue weighted by molar-refractivity contribution is 7.98. The van der Waals surface area contributed by atoms with Gasteiger partial charge in [-0.3, -0.25) is 9.36 Å². The minimum Gasteiger partial charge on any atom is -0.497 e. The normalized spacial score (nSPS) is 11.0. The van der Waals surface area contributed by atoms with Gasteiger partial charge in [-0.05, 0) is 47.5 Å². The maximum absolute atomic E-state index is 13.2. The minimum absolute atomic E-state index is 0.0521. The molecule has 0 aliphatic heterocycles. The third-order valence-corrected chi connectivity index (χ3v) is 5.84. The molecular weight excluding hydrogens is 404 g/mol. The number of thioether (sulfide) groups is 1. The van der Waals surface area contributed by atoms with E-state index in [4.69, 9.17) is 21.3 Å². The SMILES string of the molecule is COc1cccc(CSc2nc3ccccc3c(=O)n2Cc2cccc(Cl)c2)c1. The summed E-state index contributed by atoms with van der Waals surface area (Å²) in [5.74, 6) is 1.49. The summed E-state index contributed by atoms with van der Waals surface area (Å²) >= 11 is 7.67. The second kappa shape index (κ2) is 8.72. The molecule has 0 bridgehead atoms. The van der Waals surface area contributed by atoms with Crippen LogP contribution in [0.2, 0.25) is 5.02 Å². The molecule has 6 heteroatoms. The fourth-order valence-corrected chi connectivity index (χ4v) is 4.28. The topological polar surface area (TPSA) is 44.1 Å². The zero-order chi connectivity index (χ0) is 20.2. The Hall–Kier alpha value is -2.76. The van der Waals surface area contributed by atoms with Crippen molar-refractivity contribution in [2.75, 3.05) is 7.11 Å². The van der Waals surface area contributed by atoms with Crippen LogP contribution < -0.4 is 10.3 Å². The molecule has 0 saturated carbocycles. The quantitative estimate of drug-likeness (QED) is 0.308. The maximum atomic E-state index is 13.2. The van der Waals surface area contributed by atoms with Crippen molar-refractivity contribution in [2.24, 2.45) is 0 Å². The number of hydrogen-bond acceptors (Lipinski definition) is 4. The average Bonchev–Trinajstić information content (AvgIpc) is 2.75. The molecular formula is C23H19ClN2O2S. The van der Waals surface area contributed by atoms with E-state index < -0.39 is 0 Å². The second-order valence-electron chi connectivity index (χ2n) is 6.57. The van der Waals surface area contributed by atoms with Crippen molar-refractivity contribution in [3.63, 3.8) is 0 Å². The van der Waals surface area contributed by atoms with Gasteiger partial charge in [0.25, 0.3) is 5.56 Å². The summed E-state index contributed by atoms with van der Waals surface area (Å²) in [4.78, 5) is 18.0. The number of aromatic nitrogens is 2. The average molecular weight is 423 g/mol. The molecule has 0 fully saturated rings. The van der Waals surface area contributed by atoms with E-state index in [1.165, 1.54) is 11.8 Å². The molecule has 0 atom stereocenters. The lowest BCUT2D eigenvalue weighted by Crippen LogP contribution is -2.24. The summed E-state index contributed by atoms with van der Waals surface area (Å²) in [5, 5.41) is 1.94. The van der Waals surface area contributed by atoms with Gasteiger partial charge in [0.2, 0.25) is 0 Å². The molecule has 146 valence electrons. The monoisotopic (exact) mass is 422 g/mol. The molecule has 0 saturated heterocycles. The second-order valence-corrected chi connectivity index (χ2v) is 7.95. The Labute approximate surface area is 178 Å². The van der Waals surface area contributed by atoms with Crippen molar-refractivity contribution in [1.29, 1.82) is 0 Å². The third kappa shape index (κ3) is 4.47. The Morgan fingerprint density at radius 3 is 2.62 bits per heavy atom. The molecule has 1 heterocycles. The molecule has 0 N–H and O–H groups in total. The molecule has 4 rings (SSSR count). The van der Waals surface area contributed by atoms with Crippen LogP contribution in [0, 0.1) is 0 Å². The highest BCUT2D eigenvalue weighted by atomic mass is 35.5. The molecule has 0 amide bonds. The van der Waals surface area contributed by atoms with E-state index in [0.717, 1.165) is 16.9 Å². The first kappa shape index (κ1) is 19.6. The van der Waals surface area contributed by atoms with Gasteiger partial charge in [0, 0.05) is 10.8 Å². The van der Waals surface area contributed by atoms with E-state index in [1.54, 1.807) is 11.7 Å². The fourth-order valence-electron chi connectivity index (χ4n) is 3.13. The molecule has 0 radical (unpaired) electrons. The van der Waals surface area contributed by atoms with Crippen LogP contribution in [0.1, 0.15) is 11.1 Å². The van der Waals surface area contributed by atoms with Crippen LogP contribution in [0.15, 0.2) is 82.7 Å². The highest BCUT2D eigenvalue weighted by Gasteiger charge is 2.12. The first-order chi connectivity index (χ1) is 14.1. The van der Waals surface area contributed by atoms with Gasteiger partial charge in [0.1, 0.15) is 5.75 Å². The van der Waals surface area contributed by atoms with Gasteiger partial charge in [-0.15, -0.1) is 0 Å². The van der Waals surface area contributed by atoms with Crippen molar-refractivity contribution in [2.45, 2.75) is 17.5 Å². The first-order valence-corrected chi connectivity index (χ1v) is 10.5. The Morgan fingerprint density at radius 2 is 1.79 bits per heavy atom. The van der Waals surface area contributed by atoms with Gasteiger partial charge in [-0.25, -0.2) is 4.98 Å². The summed E-state index contributed by atoms with van der Waals surface area (Å²) in [6.07, 6.45) is 0. The number of fused-ring (bicyclic) bond motifs is 1. The number of para-hydroxylation sites is 1. The predicted octanol–water partition coefficient (Wildman–Crippen LogP) is 5.40. The number of methoxy groups -OCH3 is 1. The maximum Gasteiger partial charge on any atom is 0.262 e. The zero-order valence-corrected chi connectivity index (χ0v) is 17.4. The van der Waals surface area contributed by atoms with Gasteiger partial charge < -0.3 is 4.74 Å². The standard InChI is InChI=1S/C23H19ClN2O2S/c1-28-19-9-5-7-17(13-19)15-29-23-25-21-11-3-2-10-20(21)22(27)26(23)14-16-6-4-8-18(24)12-16/h2-13H,14-15H2,1H3. The number of rotatable bonds is 6. The Bertz CT molecular complexity index is 1220. The molecule has 1 aromatic heterocycles. The van der Waals surface area contributed by atoms with Crippen LogP contribution in [0.5, 0.6) is 5.75 Å². The van der Waals surface area contributed by atoms with Crippen molar-refractivity contribution in [1.82, 2.24) is 9.55 Å². The van der Waals surface area contributed by atoms with E-state index >= 15 is 0 Å². The van der Waals surface area contributed by atoms with Crippen LogP contribution in [0.25, 0.3) is 10.9 Å². The third-order valence-electron chi connectivity index (χ3n) is 4.56. The molecule has 0 spiro atoms. The summed E-state index contributed by atoms with van der Waals surface area (Å²) in [6.45, 7) is 0.414. The largest absolute Gasteiger partial charge is 0.497 e. The summed E-state index contributed by atoms with van der Waals surface area (Å²) < 4.78 is 7.03. The number of halogens is 1. The van der Waals surface area contributed by atoms with Crippen LogP contribution in [-0.4, -0.2) is 16.7 Å². The predicted molar refractivity (Wildman–Crippen MR) is 119 cm³/mol. The van der Waals surface area contributed by atoms with Gasteiger partial charge in [-0.1, -0.05) is 59.8 Å². The van der Waals surface area contributed by atoms with Crippen LogP contribution in [0.3, 0.4) is 0 Å². The van der Waals surface area contributed by atoms with Crippen molar-refractivity contribution < 1.29 is 4.74 Å². The van der Waals surface area contributed by atoms with Crippen molar-refractivity contribution in [3.05, 3.63) is 99.3 Å². The lowest BCUT2D eigenvalue weighted by atomic mass is 10.2. The number of ether oxygens (including phenoxy) is 1. The van der Waals surface area contributed by atoms with Gasteiger partial charge in [0.15, 0.2) is 5.16 Å². The number of hydrogen-bond donors (Lipinski definition) is 0. The van der Waals surface area contributed by atoms with E-state index in [1.807, 2.05) is 72.8 Å². The lowest BCUT2D eigenvalue weighted by molar-refractivity contribution is 0.414. The summed E-state index contributed by atoms with van der Waals surface area (Å²) in [7, 11) is 1.65. The van der Waals surface area contributed by atoms with Gasteiger partial charge in [0.05, 0.1) is 24.6 Å². The van der Waals surface area contributed by atoms with Crippen LogP contribution in [0.4, 0.5) is 0 Å². The Kier molecular flexibility index (Phi) is 5.88. The lowest BCUT2D eigenvalue weighted by Gasteiger charge is -2.14. The summed E-state index contributed by atoms with van der Waals surface area (Å²) in [6, 6.07) is 22.9. The molecule has 29 heavy (non-hydrogen) atoms. The first-order valence-electron chi connectivity index (χ1n) is 9.14. The number of nitrogens with zero attached hydrogens (tertiary/aromatic N) is 2. The van der Waals surface area contributed by atoms with Crippen molar-refractivity contribution >= 4 is 34.3 Å². The Morgan fingerprint density at radius 1 is 1.00 bits per heavy atom. The fraction of sp³-hybridized carbons (Fsp3) is 0.130. The molecule has 3 aromatic carbocycles. The van der Waals surface area contributed by atoms with Gasteiger partial charge in [-0.2, -0.15) is 0 Å². The smallest absolute Gasteiger partial charge is 0.262 e. The molecule has 4 nitrogen and oxygen atoms in total. The number of benzene rings is 3.